The second kappa shape index (κ2) is 6.88. The summed E-state index contributed by atoms with van der Waals surface area (Å²) in [5.74, 6) is 0. The average Bonchev–Trinajstić information content (AvgIpc) is 2.82. The zero-order valence-electron chi connectivity index (χ0n) is 11.3. The lowest BCUT2D eigenvalue weighted by Crippen LogP contribution is -2.37. The Morgan fingerprint density at radius 2 is 1.89 bits per heavy atom. The van der Waals surface area contributed by atoms with Gasteiger partial charge in [-0.1, -0.05) is 30.3 Å². The summed E-state index contributed by atoms with van der Waals surface area (Å²) in [4.78, 5) is 4.55. The average molecular weight is 248 g/mol. The van der Waals surface area contributed by atoms with Crippen LogP contribution >= 0.6 is 0 Å². The molecule has 1 heterocycles. The molecule has 1 aromatic carbocycles. The van der Waals surface area contributed by atoms with E-state index in [0.717, 1.165) is 32.7 Å². The lowest BCUT2D eigenvalue weighted by Gasteiger charge is -2.24. The molecule has 100 valence electrons. The van der Waals surface area contributed by atoms with Crippen LogP contribution in [0.2, 0.25) is 0 Å². The van der Waals surface area contributed by atoms with E-state index < -0.39 is 0 Å². The van der Waals surface area contributed by atoms with Crippen LogP contribution in [0.4, 0.5) is 0 Å². The van der Waals surface area contributed by atoms with E-state index in [4.69, 9.17) is 0 Å². The summed E-state index contributed by atoms with van der Waals surface area (Å²) >= 11 is 0. The van der Waals surface area contributed by atoms with Crippen molar-refractivity contribution in [3.63, 3.8) is 0 Å². The lowest BCUT2D eigenvalue weighted by atomic mass is 10.2. The maximum absolute atomic E-state index is 10.1. The first kappa shape index (κ1) is 13.5. The molecule has 2 rings (SSSR count). The highest BCUT2D eigenvalue weighted by atomic mass is 16.3. The van der Waals surface area contributed by atoms with E-state index in [0.29, 0.717) is 0 Å². The quantitative estimate of drug-likeness (QED) is 0.828. The van der Waals surface area contributed by atoms with Crippen LogP contribution in [0, 0.1) is 0 Å². The normalized spacial score (nSPS) is 18.4. The van der Waals surface area contributed by atoms with Crippen molar-refractivity contribution in [2.45, 2.75) is 25.5 Å². The molecular formula is C15H24N2O. The van der Waals surface area contributed by atoms with Gasteiger partial charge in [-0.15, -0.1) is 0 Å². The summed E-state index contributed by atoms with van der Waals surface area (Å²) in [5, 5.41) is 10.1. The second-order valence-corrected chi connectivity index (χ2v) is 5.34. The van der Waals surface area contributed by atoms with Crippen LogP contribution in [0.1, 0.15) is 18.4 Å². The standard InChI is InChI=1S/C15H24N2O/c1-16(11-14-7-3-2-4-8-14)12-15(18)13-17-9-5-6-10-17/h2-4,7-8,15,18H,5-6,9-13H2,1H3/t15-/m0/s1. The third kappa shape index (κ3) is 4.41. The third-order valence-corrected chi connectivity index (χ3v) is 3.49. The zero-order chi connectivity index (χ0) is 12.8. The van der Waals surface area contributed by atoms with Gasteiger partial charge in [0.25, 0.3) is 0 Å². The van der Waals surface area contributed by atoms with Gasteiger partial charge in [-0.3, -0.25) is 4.90 Å². The van der Waals surface area contributed by atoms with Crippen LogP contribution in [0.25, 0.3) is 0 Å². The maximum atomic E-state index is 10.1. The van der Waals surface area contributed by atoms with E-state index in [1.54, 1.807) is 0 Å². The molecule has 1 atom stereocenters. The summed E-state index contributed by atoms with van der Waals surface area (Å²) in [6.45, 7) is 4.77. The van der Waals surface area contributed by atoms with E-state index in [1.807, 2.05) is 6.07 Å². The molecule has 1 fully saturated rings. The number of benzene rings is 1. The summed E-state index contributed by atoms with van der Waals surface area (Å²) in [5.41, 5.74) is 1.30. The minimum Gasteiger partial charge on any atom is -0.390 e. The van der Waals surface area contributed by atoms with Crippen molar-refractivity contribution in [3.05, 3.63) is 35.9 Å². The highest BCUT2D eigenvalue weighted by molar-refractivity contribution is 5.14. The number of aliphatic hydroxyl groups is 1. The van der Waals surface area contributed by atoms with Crippen molar-refractivity contribution in [1.29, 1.82) is 0 Å². The number of nitrogens with zero attached hydrogens (tertiary/aromatic N) is 2. The summed E-state index contributed by atoms with van der Waals surface area (Å²) in [7, 11) is 2.07. The highest BCUT2D eigenvalue weighted by Gasteiger charge is 2.16. The third-order valence-electron chi connectivity index (χ3n) is 3.49. The van der Waals surface area contributed by atoms with Gasteiger partial charge in [0.1, 0.15) is 0 Å². The molecule has 0 amide bonds. The van der Waals surface area contributed by atoms with E-state index >= 15 is 0 Å². The van der Waals surface area contributed by atoms with Crippen molar-refractivity contribution in [3.8, 4) is 0 Å². The van der Waals surface area contributed by atoms with Crippen LogP contribution in [0.15, 0.2) is 30.3 Å². The van der Waals surface area contributed by atoms with Gasteiger partial charge in [-0.2, -0.15) is 0 Å². The molecule has 1 aliphatic rings. The molecule has 0 bridgehead atoms. The topological polar surface area (TPSA) is 26.7 Å². The van der Waals surface area contributed by atoms with Gasteiger partial charge in [0, 0.05) is 19.6 Å². The number of hydrogen-bond donors (Lipinski definition) is 1. The van der Waals surface area contributed by atoms with Gasteiger partial charge >= 0.3 is 0 Å². The predicted molar refractivity (Wildman–Crippen MR) is 74.5 cm³/mol. The molecule has 1 aromatic rings. The Kier molecular flexibility index (Phi) is 5.17. The number of aliphatic hydroxyl groups excluding tert-OH is 1. The molecule has 1 aliphatic heterocycles. The molecule has 0 aliphatic carbocycles. The first-order valence-corrected chi connectivity index (χ1v) is 6.87. The molecule has 0 saturated carbocycles. The fourth-order valence-corrected chi connectivity index (χ4v) is 2.64. The zero-order valence-corrected chi connectivity index (χ0v) is 11.3. The fourth-order valence-electron chi connectivity index (χ4n) is 2.64. The van der Waals surface area contributed by atoms with Gasteiger partial charge in [-0.05, 0) is 38.5 Å². The van der Waals surface area contributed by atoms with Crippen LogP contribution < -0.4 is 0 Å². The Morgan fingerprint density at radius 1 is 1.22 bits per heavy atom. The first-order valence-electron chi connectivity index (χ1n) is 6.87. The number of likely N-dealkylation sites (N-methyl/N-ethyl adjacent to an activating group) is 1. The molecule has 0 unspecified atom stereocenters. The largest absolute Gasteiger partial charge is 0.390 e. The van der Waals surface area contributed by atoms with E-state index in [-0.39, 0.29) is 6.10 Å². The number of hydrogen-bond acceptors (Lipinski definition) is 3. The monoisotopic (exact) mass is 248 g/mol. The molecule has 3 nitrogen and oxygen atoms in total. The molecule has 1 saturated heterocycles. The molecule has 0 radical (unpaired) electrons. The fraction of sp³-hybridized carbons (Fsp3) is 0.600. The minimum atomic E-state index is -0.239. The Balaban J connectivity index is 1.71. The Labute approximate surface area is 110 Å². The molecule has 18 heavy (non-hydrogen) atoms. The first-order chi connectivity index (χ1) is 8.74. The second-order valence-electron chi connectivity index (χ2n) is 5.34. The van der Waals surface area contributed by atoms with Crippen molar-refractivity contribution in [2.75, 3.05) is 33.2 Å². The lowest BCUT2D eigenvalue weighted by molar-refractivity contribution is 0.0883. The van der Waals surface area contributed by atoms with E-state index in [9.17, 15) is 5.11 Å². The SMILES string of the molecule is CN(Cc1ccccc1)C[C@H](O)CN1CCCC1. The molecule has 1 N–H and O–H groups in total. The van der Waals surface area contributed by atoms with E-state index in [2.05, 4.69) is 41.1 Å². The molecule has 3 heteroatoms. The van der Waals surface area contributed by atoms with E-state index in [1.165, 1.54) is 18.4 Å². The minimum absolute atomic E-state index is 0.239. The molecule has 0 aromatic heterocycles. The maximum Gasteiger partial charge on any atom is 0.0793 e. The summed E-state index contributed by atoms with van der Waals surface area (Å²) in [6.07, 6.45) is 2.33. The van der Waals surface area contributed by atoms with Crippen LogP contribution in [0.5, 0.6) is 0 Å². The highest BCUT2D eigenvalue weighted by Crippen LogP contribution is 2.09. The van der Waals surface area contributed by atoms with Gasteiger partial charge in [0.2, 0.25) is 0 Å². The van der Waals surface area contributed by atoms with Crippen molar-refractivity contribution < 1.29 is 5.11 Å². The van der Waals surface area contributed by atoms with Gasteiger partial charge in [0.15, 0.2) is 0 Å². The van der Waals surface area contributed by atoms with Crippen LogP contribution in [-0.4, -0.2) is 54.2 Å². The summed E-state index contributed by atoms with van der Waals surface area (Å²) < 4.78 is 0. The molecule has 0 spiro atoms. The van der Waals surface area contributed by atoms with Gasteiger partial charge in [-0.25, -0.2) is 0 Å². The number of β-amino-alcohol motifs (C(OH)–C–C–N with tert-alkyl or cyclic N) is 1. The smallest absolute Gasteiger partial charge is 0.0793 e. The van der Waals surface area contributed by atoms with Crippen molar-refractivity contribution in [1.82, 2.24) is 9.80 Å². The Morgan fingerprint density at radius 3 is 2.56 bits per heavy atom. The van der Waals surface area contributed by atoms with Crippen LogP contribution in [0.3, 0.4) is 0 Å². The Hall–Kier alpha value is -0.900. The molecular weight excluding hydrogens is 224 g/mol. The number of likely N-dealkylation sites (tertiary alicyclic amines) is 1. The van der Waals surface area contributed by atoms with Gasteiger partial charge < -0.3 is 10.0 Å². The van der Waals surface area contributed by atoms with Crippen molar-refractivity contribution >= 4 is 0 Å². The van der Waals surface area contributed by atoms with Crippen molar-refractivity contribution in [2.24, 2.45) is 0 Å². The Bertz CT molecular complexity index is 336. The summed E-state index contributed by atoms with van der Waals surface area (Å²) in [6, 6.07) is 10.4. The predicted octanol–water partition coefficient (Wildman–Crippen LogP) is 1.58. The number of rotatable bonds is 6. The van der Waals surface area contributed by atoms with Crippen LogP contribution in [-0.2, 0) is 6.54 Å². The van der Waals surface area contributed by atoms with Gasteiger partial charge in [0.05, 0.1) is 6.10 Å².